The number of hydrogen-bond donors (Lipinski definition) is 0. The quantitative estimate of drug-likeness (QED) is 0.123. The zero-order chi connectivity index (χ0) is 36.8. The predicted molar refractivity (Wildman–Crippen MR) is 216 cm³/mol. The average Bonchev–Trinajstić information content (AvgIpc) is 3.71. The Kier molecular flexibility index (Phi) is 10.1. The van der Waals surface area contributed by atoms with Gasteiger partial charge in [0.05, 0.1) is 31.1 Å². The second-order valence-electron chi connectivity index (χ2n) is 14.1. The minimum atomic E-state index is -1.67. The van der Waals surface area contributed by atoms with E-state index in [0.717, 1.165) is 50.1 Å². The Hall–Kier alpha value is -4.26. The second-order valence-corrected chi connectivity index (χ2v) is 20.2. The molecule has 0 atom stereocenters. The molecule has 0 fully saturated rings. The van der Waals surface area contributed by atoms with E-state index in [0.29, 0.717) is 0 Å². The van der Waals surface area contributed by atoms with Crippen LogP contribution in [0, 0.1) is 31.9 Å². The van der Waals surface area contributed by atoms with Gasteiger partial charge in [-0.25, -0.2) is 0 Å². The van der Waals surface area contributed by atoms with Crippen molar-refractivity contribution in [2.24, 2.45) is 5.92 Å². The molecule has 8 rings (SSSR count). The van der Waals surface area contributed by atoms with E-state index in [1.807, 2.05) is 80.0 Å². The van der Waals surface area contributed by atoms with Gasteiger partial charge in [-0.2, -0.15) is 11.3 Å². The summed E-state index contributed by atoms with van der Waals surface area (Å²) in [6.07, 6.45) is 4.21. The van der Waals surface area contributed by atoms with Crippen LogP contribution in [0.5, 0.6) is 0 Å². The van der Waals surface area contributed by atoms with Crippen molar-refractivity contribution in [3.8, 4) is 28.3 Å². The number of imidazole rings is 1. The van der Waals surface area contributed by atoms with Crippen molar-refractivity contribution >= 4 is 55.8 Å². The van der Waals surface area contributed by atoms with Crippen LogP contribution in [0.25, 0.3) is 59.5 Å². The van der Waals surface area contributed by atoms with Crippen molar-refractivity contribution in [1.29, 1.82) is 0 Å². The van der Waals surface area contributed by atoms with Crippen LogP contribution >= 0.6 is 11.3 Å². The van der Waals surface area contributed by atoms with Crippen LogP contribution in [0.15, 0.2) is 110 Å². The van der Waals surface area contributed by atoms with Gasteiger partial charge in [0.1, 0.15) is 0 Å². The van der Waals surface area contributed by atoms with E-state index in [1.165, 1.54) is 31.3 Å². The largest absolute Gasteiger partial charge is 0.332 e. The Labute approximate surface area is 322 Å². The first-order valence-electron chi connectivity index (χ1n) is 18.0. The fourth-order valence-corrected chi connectivity index (χ4v) is 9.14. The predicted octanol–water partition coefficient (Wildman–Crippen LogP) is 11.2. The summed E-state index contributed by atoms with van der Waals surface area (Å²) in [5.74, 6) is 0.815. The number of nitrogens with zero attached hydrogens (tertiary/aromatic N) is 4. The summed E-state index contributed by atoms with van der Waals surface area (Å²) < 4.78 is 21.8. The first kappa shape index (κ1) is 33.9. The molecule has 0 aliphatic carbocycles. The number of aromatic nitrogens is 4. The molecule has 259 valence electrons. The molecule has 0 aliphatic heterocycles. The second kappa shape index (κ2) is 15.1. The van der Waals surface area contributed by atoms with Gasteiger partial charge in [-0.05, 0) is 70.0 Å². The van der Waals surface area contributed by atoms with Crippen LogP contribution < -0.4 is 5.19 Å². The molecule has 4 aromatic heterocycles. The van der Waals surface area contributed by atoms with Gasteiger partial charge < -0.3 is 9.55 Å². The molecular formula is C44H42IrN4SSi-2. The topological polar surface area (TPSA) is 43.6 Å². The van der Waals surface area contributed by atoms with Gasteiger partial charge >= 0.3 is 0 Å². The van der Waals surface area contributed by atoms with Crippen LogP contribution in [0.2, 0.25) is 19.6 Å². The zero-order valence-corrected chi connectivity index (χ0v) is 34.2. The van der Waals surface area contributed by atoms with E-state index in [2.05, 4.69) is 109 Å². The van der Waals surface area contributed by atoms with Gasteiger partial charge in [0.25, 0.3) is 0 Å². The Bertz CT molecular complexity index is 2540. The number of pyridine rings is 2. The normalized spacial score (nSPS) is 12.4. The van der Waals surface area contributed by atoms with Crippen LogP contribution in [0.4, 0.5) is 0 Å². The SMILES string of the molecule is Cc1ccc2c(c1)sc1c(-c3nc4ccncc4n3-c3ccccc3)[c-]cc(C)c12.[2H]C([2H])(c1cc(-c2[c-]cccc2)ncc1[Si](C)(C)C)C(C)C.[Ir]. The Morgan fingerprint density at radius 3 is 2.43 bits per heavy atom. The van der Waals surface area contributed by atoms with E-state index >= 15 is 0 Å². The molecule has 0 spiro atoms. The molecule has 4 aromatic carbocycles. The van der Waals surface area contributed by atoms with Crippen molar-refractivity contribution in [2.45, 2.75) is 53.7 Å². The van der Waals surface area contributed by atoms with E-state index in [9.17, 15) is 0 Å². The first-order chi connectivity index (χ1) is 24.8. The molecule has 0 aliphatic rings. The number of benzene rings is 4. The summed E-state index contributed by atoms with van der Waals surface area (Å²) >= 11 is 1.83. The Balaban J connectivity index is 0.000000188. The van der Waals surface area contributed by atoms with Crippen LogP contribution in [-0.2, 0) is 26.5 Å². The number of hydrogen-bond acceptors (Lipinski definition) is 4. The molecule has 0 saturated heterocycles. The van der Waals surface area contributed by atoms with Gasteiger partial charge in [-0.15, -0.1) is 53.6 Å². The molecule has 0 unspecified atom stereocenters. The van der Waals surface area contributed by atoms with Gasteiger partial charge in [0.2, 0.25) is 0 Å². The summed E-state index contributed by atoms with van der Waals surface area (Å²) in [6.45, 7) is 14.9. The summed E-state index contributed by atoms with van der Waals surface area (Å²) in [5.41, 5.74) is 9.06. The van der Waals surface area contributed by atoms with Crippen LogP contribution in [0.3, 0.4) is 0 Å². The minimum absolute atomic E-state index is 0. The van der Waals surface area contributed by atoms with Gasteiger partial charge in [0.15, 0.2) is 0 Å². The van der Waals surface area contributed by atoms with Crippen molar-refractivity contribution in [3.63, 3.8) is 0 Å². The number of para-hydroxylation sites is 1. The van der Waals surface area contributed by atoms with E-state index in [-0.39, 0.29) is 26.0 Å². The molecule has 8 aromatic rings. The van der Waals surface area contributed by atoms with E-state index in [1.54, 1.807) is 6.20 Å². The molecule has 1 radical (unpaired) electrons. The van der Waals surface area contributed by atoms with E-state index in [4.69, 9.17) is 7.73 Å². The summed E-state index contributed by atoms with van der Waals surface area (Å²) in [4.78, 5) is 14.0. The number of rotatable bonds is 6. The van der Waals surface area contributed by atoms with Gasteiger partial charge in [-0.3, -0.25) is 9.97 Å². The molecule has 0 amide bonds. The molecule has 0 saturated carbocycles. The van der Waals surface area contributed by atoms with Gasteiger partial charge in [-0.1, -0.05) is 93.3 Å². The van der Waals surface area contributed by atoms with Crippen LogP contribution in [-0.4, -0.2) is 27.6 Å². The van der Waals surface area contributed by atoms with Crippen molar-refractivity contribution < 1.29 is 22.8 Å². The average molecular weight is 881 g/mol. The first-order valence-corrected chi connectivity index (χ1v) is 21.4. The molecule has 4 heterocycles. The van der Waals surface area contributed by atoms with Crippen molar-refractivity contribution in [3.05, 3.63) is 138 Å². The summed E-state index contributed by atoms with van der Waals surface area (Å²) in [5, 5.41) is 3.71. The molecule has 4 nitrogen and oxygen atoms in total. The zero-order valence-electron chi connectivity index (χ0n) is 32.0. The Morgan fingerprint density at radius 1 is 0.922 bits per heavy atom. The molecular weight excluding hydrogens is 837 g/mol. The molecule has 51 heavy (non-hydrogen) atoms. The third kappa shape index (κ3) is 7.54. The monoisotopic (exact) mass is 881 g/mol. The van der Waals surface area contributed by atoms with Gasteiger partial charge in [0, 0.05) is 45.6 Å². The number of aryl methyl sites for hydroxylation is 2. The number of fused-ring (bicyclic) bond motifs is 4. The third-order valence-corrected chi connectivity index (χ3v) is 11.9. The fraction of sp³-hybridized carbons (Fsp3) is 0.205. The summed E-state index contributed by atoms with van der Waals surface area (Å²) in [6, 6.07) is 37.5. The molecule has 0 bridgehead atoms. The smallest absolute Gasteiger partial charge is 0.0822 e. The summed E-state index contributed by atoms with van der Waals surface area (Å²) in [7, 11) is -1.67. The number of thiophene rings is 1. The van der Waals surface area contributed by atoms with Crippen LogP contribution in [0.1, 0.15) is 33.3 Å². The standard InChI is InChI=1S/C26H18N3S.C18H24NSi.Ir/c1-16-8-10-19-23(14-16)30-25-20(11-9-17(2)24(19)25)26-28-21-12-13-27-15-22(21)29(26)18-6-4-3-5-7-18;1-14(2)11-16-12-17(15-9-7-6-8-10-15)19-13-18(16)20(3,4)5;/h3-10,12-15H,1-2H3;6-9,12-14H,11H2,1-5H3;/q2*-1;/i;11D2;. The Morgan fingerprint density at radius 2 is 1.71 bits per heavy atom. The van der Waals surface area contributed by atoms with Crippen molar-refractivity contribution in [2.75, 3.05) is 0 Å². The third-order valence-electron chi connectivity index (χ3n) is 8.74. The molecule has 0 N–H and O–H groups in total. The maximum absolute atomic E-state index is 8.55. The fourth-order valence-electron chi connectivity index (χ4n) is 6.37. The van der Waals surface area contributed by atoms with Crippen molar-refractivity contribution in [1.82, 2.24) is 19.5 Å². The molecule has 7 heteroatoms. The van der Waals surface area contributed by atoms with E-state index < -0.39 is 14.4 Å². The maximum atomic E-state index is 8.55. The maximum Gasteiger partial charge on any atom is 0.0822 e. The minimum Gasteiger partial charge on any atom is -0.332 e.